The Morgan fingerprint density at radius 1 is 1.35 bits per heavy atom. The highest BCUT2D eigenvalue weighted by Crippen LogP contribution is 2.10. The van der Waals surface area contributed by atoms with E-state index in [1.54, 1.807) is 12.1 Å². The standard InChI is InChI=1S/C11H12N2O4/c14-7-12-5-4-10(15)13-9-3-1-2-8(6-9)11(16)17/h1-3,6-7H,4-5H2,(H,12,14)(H,13,15)(H,16,17). The van der Waals surface area contributed by atoms with Gasteiger partial charge in [-0.1, -0.05) is 6.07 Å². The summed E-state index contributed by atoms with van der Waals surface area (Å²) >= 11 is 0. The highest BCUT2D eigenvalue weighted by atomic mass is 16.4. The number of nitrogens with one attached hydrogen (secondary N) is 2. The number of hydrogen-bond acceptors (Lipinski definition) is 3. The number of amides is 2. The largest absolute Gasteiger partial charge is 0.478 e. The van der Waals surface area contributed by atoms with Crippen LogP contribution in [0, 0.1) is 0 Å². The van der Waals surface area contributed by atoms with Gasteiger partial charge in [-0.15, -0.1) is 0 Å². The zero-order chi connectivity index (χ0) is 12.7. The van der Waals surface area contributed by atoms with Crippen molar-refractivity contribution >= 4 is 24.0 Å². The SMILES string of the molecule is O=CNCCC(=O)Nc1cccc(C(=O)O)c1. The predicted octanol–water partition coefficient (Wildman–Crippen LogP) is 0.459. The summed E-state index contributed by atoms with van der Waals surface area (Å²) in [5, 5.41) is 13.7. The van der Waals surface area contributed by atoms with E-state index >= 15 is 0 Å². The number of carbonyl (C=O) groups is 3. The van der Waals surface area contributed by atoms with Gasteiger partial charge in [0.2, 0.25) is 12.3 Å². The van der Waals surface area contributed by atoms with Crippen LogP contribution in [0.1, 0.15) is 16.8 Å². The molecule has 0 fully saturated rings. The zero-order valence-electron chi connectivity index (χ0n) is 8.97. The molecule has 0 bridgehead atoms. The van der Waals surface area contributed by atoms with Crippen molar-refractivity contribution in [3.05, 3.63) is 29.8 Å². The lowest BCUT2D eigenvalue weighted by atomic mass is 10.2. The van der Waals surface area contributed by atoms with Crippen LogP contribution in [0.15, 0.2) is 24.3 Å². The van der Waals surface area contributed by atoms with Crippen LogP contribution in [-0.4, -0.2) is 29.9 Å². The van der Waals surface area contributed by atoms with E-state index in [0.29, 0.717) is 12.1 Å². The van der Waals surface area contributed by atoms with Crippen molar-refractivity contribution < 1.29 is 19.5 Å². The highest BCUT2D eigenvalue weighted by Gasteiger charge is 2.05. The molecule has 0 aliphatic carbocycles. The Bertz CT molecular complexity index is 431. The average Bonchev–Trinajstić information content (AvgIpc) is 2.29. The van der Waals surface area contributed by atoms with Gasteiger partial charge in [0.25, 0.3) is 0 Å². The first kappa shape index (κ1) is 12.7. The predicted molar refractivity (Wildman–Crippen MR) is 60.7 cm³/mol. The first-order valence-electron chi connectivity index (χ1n) is 4.93. The molecule has 0 unspecified atom stereocenters. The molecule has 0 saturated heterocycles. The van der Waals surface area contributed by atoms with E-state index in [2.05, 4.69) is 10.6 Å². The van der Waals surface area contributed by atoms with Crippen LogP contribution < -0.4 is 10.6 Å². The van der Waals surface area contributed by atoms with Crippen LogP contribution in [0.25, 0.3) is 0 Å². The Morgan fingerprint density at radius 2 is 2.12 bits per heavy atom. The third-order valence-electron chi connectivity index (χ3n) is 1.97. The summed E-state index contributed by atoms with van der Waals surface area (Å²) in [6.07, 6.45) is 0.647. The summed E-state index contributed by atoms with van der Waals surface area (Å²) in [4.78, 5) is 32.0. The molecule has 2 amide bonds. The molecule has 0 spiro atoms. The Kier molecular flexibility index (Phi) is 4.68. The quantitative estimate of drug-likeness (QED) is 0.494. The molecule has 0 saturated carbocycles. The average molecular weight is 236 g/mol. The number of benzene rings is 1. The van der Waals surface area contributed by atoms with Crippen molar-refractivity contribution in [3.63, 3.8) is 0 Å². The van der Waals surface area contributed by atoms with E-state index in [9.17, 15) is 14.4 Å². The number of carboxylic acids is 1. The number of anilines is 1. The molecule has 0 aliphatic rings. The van der Waals surface area contributed by atoms with Gasteiger partial charge < -0.3 is 15.7 Å². The maximum Gasteiger partial charge on any atom is 0.335 e. The first-order chi connectivity index (χ1) is 8.13. The van der Waals surface area contributed by atoms with Gasteiger partial charge in [-0.05, 0) is 18.2 Å². The molecule has 0 aromatic heterocycles. The fraction of sp³-hybridized carbons (Fsp3) is 0.182. The van der Waals surface area contributed by atoms with Gasteiger partial charge in [-0.2, -0.15) is 0 Å². The Hall–Kier alpha value is -2.37. The normalized spacial score (nSPS) is 9.41. The Balaban J connectivity index is 2.56. The van der Waals surface area contributed by atoms with Gasteiger partial charge in [-0.3, -0.25) is 9.59 Å². The number of hydrogen-bond donors (Lipinski definition) is 3. The molecule has 3 N–H and O–H groups in total. The fourth-order valence-electron chi connectivity index (χ4n) is 1.20. The van der Waals surface area contributed by atoms with Crippen LogP contribution in [0.4, 0.5) is 5.69 Å². The third-order valence-corrected chi connectivity index (χ3v) is 1.97. The second kappa shape index (κ2) is 6.26. The number of carboxylic acid groups (broad SMARTS) is 1. The number of aromatic carboxylic acids is 1. The number of rotatable bonds is 6. The maximum absolute atomic E-state index is 11.4. The zero-order valence-corrected chi connectivity index (χ0v) is 8.97. The highest BCUT2D eigenvalue weighted by molar-refractivity contribution is 5.93. The molecule has 1 aromatic rings. The molecule has 90 valence electrons. The lowest BCUT2D eigenvalue weighted by Crippen LogP contribution is -2.20. The summed E-state index contributed by atoms with van der Waals surface area (Å²) < 4.78 is 0. The summed E-state index contributed by atoms with van der Waals surface area (Å²) in [5.74, 6) is -1.34. The molecule has 0 radical (unpaired) electrons. The molecule has 0 atom stereocenters. The molecule has 6 heteroatoms. The van der Waals surface area contributed by atoms with E-state index in [0.717, 1.165) is 0 Å². The molecular weight excluding hydrogens is 224 g/mol. The third kappa shape index (κ3) is 4.33. The lowest BCUT2D eigenvalue weighted by Gasteiger charge is -2.05. The van der Waals surface area contributed by atoms with Crippen LogP contribution >= 0.6 is 0 Å². The van der Waals surface area contributed by atoms with Gasteiger partial charge in [0.15, 0.2) is 0 Å². The molecule has 6 nitrogen and oxygen atoms in total. The second-order valence-electron chi connectivity index (χ2n) is 3.26. The van der Waals surface area contributed by atoms with Crippen LogP contribution in [0.5, 0.6) is 0 Å². The first-order valence-corrected chi connectivity index (χ1v) is 4.93. The van der Waals surface area contributed by atoms with Crippen LogP contribution in [0.2, 0.25) is 0 Å². The van der Waals surface area contributed by atoms with Crippen LogP contribution in [0.3, 0.4) is 0 Å². The maximum atomic E-state index is 11.4. The second-order valence-corrected chi connectivity index (χ2v) is 3.26. The van der Waals surface area contributed by atoms with Gasteiger partial charge in [0, 0.05) is 18.7 Å². The van der Waals surface area contributed by atoms with Crippen molar-refractivity contribution in [1.29, 1.82) is 0 Å². The lowest BCUT2D eigenvalue weighted by molar-refractivity contribution is -0.116. The van der Waals surface area contributed by atoms with Crippen molar-refractivity contribution in [2.45, 2.75) is 6.42 Å². The molecule has 17 heavy (non-hydrogen) atoms. The van der Waals surface area contributed by atoms with E-state index in [1.807, 2.05) is 0 Å². The molecular formula is C11H12N2O4. The monoisotopic (exact) mass is 236 g/mol. The van der Waals surface area contributed by atoms with E-state index in [1.165, 1.54) is 12.1 Å². The summed E-state index contributed by atoms with van der Waals surface area (Å²) in [6.45, 7) is 0.244. The minimum atomic E-state index is -1.05. The fourth-order valence-corrected chi connectivity index (χ4v) is 1.20. The van der Waals surface area contributed by atoms with Gasteiger partial charge in [0.05, 0.1) is 5.56 Å². The number of carbonyl (C=O) groups excluding carboxylic acids is 2. The van der Waals surface area contributed by atoms with Gasteiger partial charge in [-0.25, -0.2) is 4.79 Å². The Labute approximate surface area is 97.6 Å². The summed E-state index contributed by atoms with van der Waals surface area (Å²) in [6, 6.07) is 5.94. The molecule has 0 heterocycles. The molecule has 1 aromatic carbocycles. The van der Waals surface area contributed by atoms with Gasteiger partial charge in [0.1, 0.15) is 0 Å². The van der Waals surface area contributed by atoms with Crippen molar-refractivity contribution in [3.8, 4) is 0 Å². The van der Waals surface area contributed by atoms with Crippen molar-refractivity contribution in [1.82, 2.24) is 5.32 Å². The molecule has 0 aliphatic heterocycles. The van der Waals surface area contributed by atoms with E-state index in [4.69, 9.17) is 5.11 Å². The summed E-state index contributed by atoms with van der Waals surface area (Å²) in [5.41, 5.74) is 0.523. The van der Waals surface area contributed by atoms with Crippen molar-refractivity contribution in [2.75, 3.05) is 11.9 Å². The summed E-state index contributed by atoms with van der Waals surface area (Å²) in [7, 11) is 0. The van der Waals surface area contributed by atoms with E-state index < -0.39 is 5.97 Å². The topological polar surface area (TPSA) is 95.5 Å². The minimum absolute atomic E-state index is 0.105. The smallest absolute Gasteiger partial charge is 0.335 e. The van der Waals surface area contributed by atoms with Crippen LogP contribution in [-0.2, 0) is 9.59 Å². The van der Waals surface area contributed by atoms with Gasteiger partial charge >= 0.3 is 5.97 Å². The minimum Gasteiger partial charge on any atom is -0.478 e. The molecule has 1 rings (SSSR count). The van der Waals surface area contributed by atoms with Crippen molar-refractivity contribution in [2.24, 2.45) is 0 Å². The van der Waals surface area contributed by atoms with E-state index in [-0.39, 0.29) is 24.4 Å². The Morgan fingerprint density at radius 3 is 2.76 bits per heavy atom.